The van der Waals surface area contributed by atoms with Gasteiger partial charge in [-0.2, -0.15) is 0 Å². The van der Waals surface area contributed by atoms with Gasteiger partial charge in [-0.3, -0.25) is 4.79 Å². The highest BCUT2D eigenvalue weighted by Crippen LogP contribution is 2.21. The Morgan fingerprint density at radius 3 is 2.33 bits per heavy atom. The highest BCUT2D eigenvalue weighted by atomic mass is 19.2. The molecule has 0 aliphatic heterocycles. The van der Waals surface area contributed by atoms with E-state index in [-0.39, 0.29) is 12.0 Å². The molecule has 0 aliphatic carbocycles. The van der Waals surface area contributed by atoms with E-state index in [0.717, 1.165) is 18.6 Å². The van der Waals surface area contributed by atoms with Crippen molar-refractivity contribution < 1.29 is 23.1 Å². The number of carbonyl (C=O) groups is 1. The van der Waals surface area contributed by atoms with Crippen LogP contribution in [0.5, 0.6) is 0 Å². The van der Waals surface area contributed by atoms with Crippen molar-refractivity contribution in [2.75, 3.05) is 6.54 Å². The molecule has 0 heterocycles. The van der Waals surface area contributed by atoms with Gasteiger partial charge >= 0.3 is 5.97 Å². The molecule has 6 heteroatoms. The molecule has 0 bridgehead atoms. The van der Waals surface area contributed by atoms with E-state index >= 15 is 0 Å². The van der Waals surface area contributed by atoms with Crippen LogP contribution in [0.15, 0.2) is 12.1 Å². The maximum absolute atomic E-state index is 13.1. The predicted octanol–water partition coefficient (Wildman–Crippen LogP) is 2.62. The molecule has 0 aliphatic rings. The van der Waals surface area contributed by atoms with E-state index in [4.69, 9.17) is 5.11 Å². The van der Waals surface area contributed by atoms with E-state index in [0.29, 0.717) is 6.54 Å². The molecule has 0 fully saturated rings. The Balaban J connectivity index is 3.00. The highest BCUT2D eigenvalue weighted by Gasteiger charge is 2.19. The topological polar surface area (TPSA) is 49.3 Å². The number of hydrogen-bond donors (Lipinski definition) is 2. The third kappa shape index (κ3) is 3.73. The van der Waals surface area contributed by atoms with Crippen LogP contribution in [0.1, 0.15) is 31.4 Å². The first-order valence-electron chi connectivity index (χ1n) is 5.55. The summed E-state index contributed by atoms with van der Waals surface area (Å²) in [6.07, 6.45) is 0.410. The molecule has 1 unspecified atom stereocenters. The van der Waals surface area contributed by atoms with Gasteiger partial charge in [0.1, 0.15) is 0 Å². The molecule has 18 heavy (non-hydrogen) atoms. The molecule has 2 N–H and O–H groups in total. The maximum Gasteiger partial charge on any atom is 0.305 e. The van der Waals surface area contributed by atoms with Crippen molar-refractivity contribution in [1.29, 1.82) is 0 Å². The number of rotatable bonds is 6. The summed E-state index contributed by atoms with van der Waals surface area (Å²) in [6.45, 7) is 2.37. The minimum atomic E-state index is -1.55. The number of nitrogens with one attached hydrogen (secondary N) is 1. The van der Waals surface area contributed by atoms with Crippen molar-refractivity contribution in [2.45, 2.75) is 25.8 Å². The summed E-state index contributed by atoms with van der Waals surface area (Å²) in [5.41, 5.74) is 0.0854. The molecular weight excluding hydrogens is 247 g/mol. The van der Waals surface area contributed by atoms with Gasteiger partial charge in [0.2, 0.25) is 0 Å². The van der Waals surface area contributed by atoms with Gasteiger partial charge in [-0.15, -0.1) is 0 Å². The van der Waals surface area contributed by atoms with Crippen molar-refractivity contribution in [3.05, 3.63) is 35.1 Å². The fourth-order valence-corrected chi connectivity index (χ4v) is 1.58. The van der Waals surface area contributed by atoms with E-state index in [9.17, 15) is 18.0 Å². The largest absolute Gasteiger partial charge is 0.481 e. The van der Waals surface area contributed by atoms with Gasteiger partial charge in [-0.1, -0.05) is 6.92 Å². The molecule has 0 radical (unpaired) electrons. The normalized spacial score (nSPS) is 12.4. The predicted molar refractivity (Wildman–Crippen MR) is 59.6 cm³/mol. The molecular formula is C12H14F3NO2. The van der Waals surface area contributed by atoms with Crippen LogP contribution < -0.4 is 5.32 Å². The summed E-state index contributed by atoms with van der Waals surface area (Å²) >= 11 is 0. The second-order valence-electron chi connectivity index (χ2n) is 3.90. The van der Waals surface area contributed by atoms with Crippen molar-refractivity contribution >= 4 is 5.97 Å². The minimum Gasteiger partial charge on any atom is -0.481 e. The second-order valence-corrected chi connectivity index (χ2v) is 3.90. The van der Waals surface area contributed by atoms with Crippen LogP contribution in [0.4, 0.5) is 13.2 Å². The zero-order valence-corrected chi connectivity index (χ0v) is 9.84. The van der Waals surface area contributed by atoms with Crippen LogP contribution in [0.2, 0.25) is 0 Å². The summed E-state index contributed by atoms with van der Waals surface area (Å²) in [5, 5.41) is 11.6. The zero-order valence-electron chi connectivity index (χ0n) is 9.84. The molecule has 0 saturated heterocycles. The summed E-state index contributed by atoms with van der Waals surface area (Å²) in [6, 6.07) is 0.885. The molecule has 1 rings (SSSR count). The first kappa shape index (κ1) is 14.5. The third-order valence-corrected chi connectivity index (χ3v) is 2.43. The molecule has 0 amide bonds. The minimum absolute atomic E-state index is 0.0854. The van der Waals surface area contributed by atoms with Crippen molar-refractivity contribution in [2.24, 2.45) is 0 Å². The Labute approximate surface area is 103 Å². The summed E-state index contributed by atoms with van der Waals surface area (Å²) in [7, 11) is 0. The van der Waals surface area contributed by atoms with E-state index in [2.05, 4.69) is 5.32 Å². The fraction of sp³-hybridized carbons (Fsp3) is 0.417. The van der Waals surface area contributed by atoms with E-state index in [1.54, 1.807) is 0 Å². The Hall–Kier alpha value is -1.56. The van der Waals surface area contributed by atoms with Crippen molar-refractivity contribution in [1.82, 2.24) is 5.32 Å². The summed E-state index contributed by atoms with van der Waals surface area (Å²) < 4.78 is 38.9. The zero-order chi connectivity index (χ0) is 13.7. The van der Waals surface area contributed by atoms with Crippen LogP contribution in [0, 0.1) is 17.5 Å². The van der Waals surface area contributed by atoms with Crippen LogP contribution in [0.25, 0.3) is 0 Å². The van der Waals surface area contributed by atoms with Crippen LogP contribution in [-0.2, 0) is 4.79 Å². The Morgan fingerprint density at radius 1 is 1.33 bits per heavy atom. The number of benzene rings is 1. The quantitative estimate of drug-likeness (QED) is 0.774. The molecule has 0 aromatic heterocycles. The molecule has 100 valence electrons. The van der Waals surface area contributed by atoms with E-state index in [1.807, 2.05) is 6.92 Å². The standard InChI is InChI=1S/C12H14F3NO2/c1-2-3-16-10(6-11(17)18)7-4-8(13)12(15)9(14)5-7/h4-5,10,16H,2-3,6H2,1H3,(H,17,18). The van der Waals surface area contributed by atoms with Gasteiger partial charge < -0.3 is 10.4 Å². The van der Waals surface area contributed by atoms with Gasteiger partial charge in [-0.05, 0) is 30.7 Å². The van der Waals surface area contributed by atoms with Crippen LogP contribution >= 0.6 is 0 Å². The number of hydrogen-bond acceptors (Lipinski definition) is 2. The SMILES string of the molecule is CCCNC(CC(=O)O)c1cc(F)c(F)c(F)c1. The third-order valence-electron chi connectivity index (χ3n) is 2.43. The first-order chi connectivity index (χ1) is 8.45. The summed E-state index contributed by atoms with van der Waals surface area (Å²) in [4.78, 5) is 10.7. The number of aliphatic carboxylic acids is 1. The lowest BCUT2D eigenvalue weighted by atomic mass is 10.0. The van der Waals surface area contributed by atoms with Crippen molar-refractivity contribution in [3.63, 3.8) is 0 Å². The fourth-order valence-electron chi connectivity index (χ4n) is 1.58. The lowest BCUT2D eigenvalue weighted by Gasteiger charge is -2.17. The van der Waals surface area contributed by atoms with Crippen LogP contribution in [-0.4, -0.2) is 17.6 Å². The van der Waals surface area contributed by atoms with Crippen LogP contribution in [0.3, 0.4) is 0 Å². The number of carboxylic acid groups (broad SMARTS) is 1. The molecule has 1 atom stereocenters. The maximum atomic E-state index is 13.1. The van der Waals surface area contributed by atoms with Crippen molar-refractivity contribution in [3.8, 4) is 0 Å². The lowest BCUT2D eigenvalue weighted by Crippen LogP contribution is -2.25. The molecule has 1 aromatic rings. The number of halogens is 3. The average molecular weight is 261 g/mol. The summed E-state index contributed by atoms with van der Waals surface area (Å²) in [5.74, 6) is -5.30. The Kier molecular flexibility index (Phi) is 5.15. The van der Waals surface area contributed by atoms with E-state index < -0.39 is 29.5 Å². The molecule has 0 spiro atoms. The van der Waals surface area contributed by atoms with E-state index in [1.165, 1.54) is 0 Å². The van der Waals surface area contributed by atoms with Gasteiger partial charge in [-0.25, -0.2) is 13.2 Å². The Bertz CT molecular complexity index is 414. The average Bonchev–Trinajstić information content (AvgIpc) is 2.30. The van der Waals surface area contributed by atoms with Gasteiger partial charge in [0.15, 0.2) is 17.5 Å². The smallest absolute Gasteiger partial charge is 0.305 e. The molecule has 0 saturated carbocycles. The highest BCUT2D eigenvalue weighted by molar-refractivity contribution is 5.67. The van der Waals surface area contributed by atoms with Gasteiger partial charge in [0.05, 0.1) is 6.42 Å². The number of carboxylic acids is 1. The first-order valence-corrected chi connectivity index (χ1v) is 5.55. The lowest BCUT2D eigenvalue weighted by molar-refractivity contribution is -0.137. The van der Waals surface area contributed by atoms with Gasteiger partial charge in [0.25, 0.3) is 0 Å². The monoisotopic (exact) mass is 261 g/mol. The van der Waals surface area contributed by atoms with Gasteiger partial charge in [0, 0.05) is 6.04 Å². The molecule has 1 aromatic carbocycles. The Morgan fingerprint density at radius 2 is 1.89 bits per heavy atom. The second kappa shape index (κ2) is 6.39. The molecule has 3 nitrogen and oxygen atoms in total.